The topological polar surface area (TPSA) is 77.5 Å². The minimum Gasteiger partial charge on any atom is -0.490 e. The molecular formula is C21H20N2O4S. The van der Waals surface area contributed by atoms with Crippen LogP contribution in [0.5, 0.6) is 11.5 Å². The van der Waals surface area contributed by atoms with Crippen LogP contribution in [0.15, 0.2) is 78.0 Å². The van der Waals surface area contributed by atoms with Crippen LogP contribution in [0.4, 0.5) is 0 Å². The Labute approximate surface area is 164 Å². The molecule has 2 aromatic carbocycles. The molecule has 0 bridgehead atoms. The van der Waals surface area contributed by atoms with E-state index in [1.807, 2.05) is 30.3 Å². The molecule has 0 saturated heterocycles. The molecule has 3 aromatic rings. The second kappa shape index (κ2) is 8.00. The van der Waals surface area contributed by atoms with E-state index in [1.54, 1.807) is 30.6 Å². The minimum absolute atomic E-state index is 0.131. The molecule has 28 heavy (non-hydrogen) atoms. The van der Waals surface area contributed by atoms with Crippen LogP contribution in [0.1, 0.15) is 23.6 Å². The molecule has 6 nitrogen and oxygen atoms in total. The first kappa shape index (κ1) is 18.5. The first-order chi connectivity index (χ1) is 13.6. The first-order valence-electron chi connectivity index (χ1n) is 9.00. The van der Waals surface area contributed by atoms with E-state index in [2.05, 4.69) is 9.71 Å². The van der Waals surface area contributed by atoms with E-state index >= 15 is 0 Å². The Hall–Kier alpha value is -2.90. The summed E-state index contributed by atoms with van der Waals surface area (Å²) in [5.74, 6) is 1.01. The zero-order valence-corrected chi connectivity index (χ0v) is 15.9. The van der Waals surface area contributed by atoms with E-state index in [4.69, 9.17) is 9.47 Å². The van der Waals surface area contributed by atoms with Gasteiger partial charge in [0.1, 0.15) is 0 Å². The molecule has 1 aliphatic rings. The van der Waals surface area contributed by atoms with Crippen LogP contribution in [0.25, 0.3) is 0 Å². The van der Waals surface area contributed by atoms with Crippen LogP contribution in [-0.4, -0.2) is 26.6 Å². The summed E-state index contributed by atoms with van der Waals surface area (Å²) in [5, 5.41) is 0. The number of hydrogen-bond donors (Lipinski definition) is 1. The maximum Gasteiger partial charge on any atom is 0.241 e. The van der Waals surface area contributed by atoms with Gasteiger partial charge in [0.15, 0.2) is 11.5 Å². The van der Waals surface area contributed by atoms with Gasteiger partial charge in [0, 0.05) is 24.9 Å². The summed E-state index contributed by atoms with van der Waals surface area (Å²) in [4.78, 5) is 4.16. The van der Waals surface area contributed by atoms with Crippen molar-refractivity contribution in [3.8, 4) is 11.5 Å². The maximum atomic E-state index is 13.1. The van der Waals surface area contributed by atoms with Crippen molar-refractivity contribution in [3.63, 3.8) is 0 Å². The Kier molecular flexibility index (Phi) is 5.27. The van der Waals surface area contributed by atoms with Gasteiger partial charge in [-0.2, -0.15) is 4.72 Å². The molecule has 7 heteroatoms. The molecule has 0 saturated carbocycles. The molecule has 2 heterocycles. The van der Waals surface area contributed by atoms with E-state index in [0.29, 0.717) is 24.7 Å². The average Bonchev–Trinajstić information content (AvgIpc) is 2.98. The van der Waals surface area contributed by atoms with Gasteiger partial charge >= 0.3 is 0 Å². The number of sulfonamides is 1. The SMILES string of the molecule is O=S(=O)(N[C@@H](c1ccccc1)c1ccncc1)c1ccc2c(c1)OCCCO2. The molecule has 1 N–H and O–H groups in total. The lowest BCUT2D eigenvalue weighted by molar-refractivity contribution is 0.297. The number of nitrogens with zero attached hydrogens (tertiary/aromatic N) is 1. The van der Waals surface area contributed by atoms with Gasteiger partial charge in [-0.1, -0.05) is 30.3 Å². The van der Waals surface area contributed by atoms with E-state index < -0.39 is 16.1 Å². The highest BCUT2D eigenvalue weighted by molar-refractivity contribution is 7.89. The summed E-state index contributed by atoms with van der Waals surface area (Å²) < 4.78 is 40.3. The summed E-state index contributed by atoms with van der Waals surface area (Å²) in [6.45, 7) is 1.04. The van der Waals surface area contributed by atoms with Crippen molar-refractivity contribution < 1.29 is 17.9 Å². The first-order valence-corrected chi connectivity index (χ1v) is 10.5. The third kappa shape index (κ3) is 4.00. The number of ether oxygens (including phenoxy) is 2. The number of fused-ring (bicyclic) bond motifs is 1. The molecule has 1 aromatic heterocycles. The average molecular weight is 396 g/mol. The lowest BCUT2D eigenvalue weighted by Gasteiger charge is -2.20. The number of benzene rings is 2. The highest BCUT2D eigenvalue weighted by Crippen LogP contribution is 2.33. The Morgan fingerprint density at radius 1 is 0.857 bits per heavy atom. The van der Waals surface area contributed by atoms with E-state index in [1.165, 1.54) is 12.1 Å². The summed E-state index contributed by atoms with van der Waals surface area (Å²) in [6, 6.07) is 17.2. The van der Waals surface area contributed by atoms with Gasteiger partial charge in [0.25, 0.3) is 0 Å². The van der Waals surface area contributed by atoms with Gasteiger partial charge in [0.2, 0.25) is 10.0 Å². The zero-order chi connectivity index (χ0) is 19.4. The van der Waals surface area contributed by atoms with Gasteiger partial charge in [-0.25, -0.2) is 8.42 Å². The Bertz CT molecular complexity index is 1000. The molecule has 0 spiro atoms. The van der Waals surface area contributed by atoms with E-state index in [-0.39, 0.29) is 4.90 Å². The van der Waals surface area contributed by atoms with Gasteiger partial charge < -0.3 is 9.47 Å². The number of pyridine rings is 1. The molecule has 0 unspecified atom stereocenters. The number of nitrogens with one attached hydrogen (secondary N) is 1. The zero-order valence-electron chi connectivity index (χ0n) is 15.1. The van der Waals surface area contributed by atoms with E-state index in [0.717, 1.165) is 17.5 Å². The molecule has 0 fully saturated rings. The van der Waals surface area contributed by atoms with Gasteiger partial charge in [-0.05, 0) is 35.4 Å². The Morgan fingerprint density at radius 3 is 2.29 bits per heavy atom. The lowest BCUT2D eigenvalue weighted by Crippen LogP contribution is -2.29. The van der Waals surface area contributed by atoms with Gasteiger partial charge in [-0.15, -0.1) is 0 Å². The summed E-state index contributed by atoms with van der Waals surface area (Å²) in [5.41, 5.74) is 1.64. The monoisotopic (exact) mass is 396 g/mol. The summed E-state index contributed by atoms with van der Waals surface area (Å²) in [6.07, 6.45) is 4.05. The molecular weight excluding hydrogens is 376 g/mol. The summed E-state index contributed by atoms with van der Waals surface area (Å²) in [7, 11) is -3.81. The highest BCUT2D eigenvalue weighted by Gasteiger charge is 2.24. The predicted octanol–water partition coefficient (Wildman–Crippen LogP) is 3.31. The van der Waals surface area contributed by atoms with E-state index in [9.17, 15) is 8.42 Å². The van der Waals surface area contributed by atoms with Crippen molar-refractivity contribution in [1.82, 2.24) is 9.71 Å². The third-order valence-electron chi connectivity index (χ3n) is 4.47. The molecule has 1 atom stereocenters. The predicted molar refractivity (Wildman–Crippen MR) is 105 cm³/mol. The van der Waals surface area contributed by atoms with Crippen LogP contribution in [0.2, 0.25) is 0 Å². The Balaban J connectivity index is 1.69. The van der Waals surface area contributed by atoms with Crippen molar-refractivity contribution in [1.29, 1.82) is 0 Å². The molecule has 0 aliphatic carbocycles. The quantitative estimate of drug-likeness (QED) is 0.716. The highest BCUT2D eigenvalue weighted by atomic mass is 32.2. The molecule has 4 rings (SSSR count). The van der Waals surface area contributed by atoms with Gasteiger partial charge in [0.05, 0.1) is 24.2 Å². The van der Waals surface area contributed by atoms with Crippen molar-refractivity contribution in [3.05, 3.63) is 84.2 Å². The fourth-order valence-corrected chi connectivity index (χ4v) is 4.29. The normalized spacial score (nSPS) is 14.9. The fraction of sp³-hybridized carbons (Fsp3) is 0.190. The minimum atomic E-state index is -3.81. The standard InChI is InChI=1S/C21H20N2O4S/c24-28(25,18-7-8-19-20(15-18)27-14-4-13-26-19)23-21(16-5-2-1-3-6-16)17-9-11-22-12-10-17/h1-3,5-12,15,21,23H,4,13-14H2/t21-/m0/s1. The van der Waals surface area contributed by atoms with Crippen LogP contribution in [-0.2, 0) is 10.0 Å². The largest absolute Gasteiger partial charge is 0.490 e. The second-order valence-electron chi connectivity index (χ2n) is 6.40. The van der Waals surface area contributed by atoms with Crippen molar-refractivity contribution in [2.75, 3.05) is 13.2 Å². The second-order valence-corrected chi connectivity index (χ2v) is 8.12. The number of rotatable bonds is 5. The summed E-state index contributed by atoms with van der Waals surface area (Å²) >= 11 is 0. The molecule has 0 radical (unpaired) electrons. The Morgan fingerprint density at radius 2 is 1.54 bits per heavy atom. The van der Waals surface area contributed by atoms with Crippen molar-refractivity contribution >= 4 is 10.0 Å². The number of aromatic nitrogens is 1. The smallest absolute Gasteiger partial charge is 0.241 e. The van der Waals surface area contributed by atoms with Crippen LogP contribution in [0, 0.1) is 0 Å². The fourth-order valence-electron chi connectivity index (χ4n) is 3.06. The third-order valence-corrected chi connectivity index (χ3v) is 5.90. The molecule has 144 valence electrons. The van der Waals surface area contributed by atoms with Gasteiger partial charge in [-0.3, -0.25) is 4.98 Å². The van der Waals surface area contributed by atoms with Crippen molar-refractivity contribution in [2.24, 2.45) is 0 Å². The molecule has 1 aliphatic heterocycles. The van der Waals surface area contributed by atoms with Crippen LogP contribution in [0.3, 0.4) is 0 Å². The van der Waals surface area contributed by atoms with Crippen molar-refractivity contribution in [2.45, 2.75) is 17.4 Å². The maximum absolute atomic E-state index is 13.1. The van der Waals surface area contributed by atoms with Crippen LogP contribution < -0.4 is 14.2 Å². The lowest BCUT2D eigenvalue weighted by atomic mass is 10.0. The molecule has 0 amide bonds. The van der Waals surface area contributed by atoms with Crippen LogP contribution >= 0.6 is 0 Å². The number of hydrogen-bond acceptors (Lipinski definition) is 5.